The predicted molar refractivity (Wildman–Crippen MR) is 131 cm³/mol. The molecule has 2 aromatic carbocycles. The number of H-pyrrole nitrogens is 1. The van der Waals surface area contributed by atoms with Crippen molar-refractivity contribution in [1.82, 2.24) is 9.88 Å². The Balaban J connectivity index is 0.00000158. The quantitative estimate of drug-likeness (QED) is 0.452. The maximum Gasteiger partial charge on any atom is 0.323 e. The predicted octanol–water partition coefficient (Wildman–Crippen LogP) is 4.17. The Bertz CT molecular complexity index is 1170. The van der Waals surface area contributed by atoms with E-state index in [1.165, 1.54) is 4.90 Å². The van der Waals surface area contributed by atoms with Crippen LogP contribution < -0.4 is 16.4 Å². The zero-order valence-electron chi connectivity index (χ0n) is 19.2. The highest BCUT2D eigenvalue weighted by Gasteiger charge is 2.37. The number of para-hydroxylation sites is 1. The van der Waals surface area contributed by atoms with Crippen molar-refractivity contribution in [1.29, 1.82) is 5.26 Å². The van der Waals surface area contributed by atoms with Crippen molar-refractivity contribution >= 4 is 34.2 Å². The molecule has 0 aliphatic carbocycles. The van der Waals surface area contributed by atoms with Gasteiger partial charge in [-0.1, -0.05) is 32.0 Å². The van der Waals surface area contributed by atoms with Gasteiger partial charge in [-0.25, -0.2) is 9.18 Å². The molecule has 1 fully saturated rings. The van der Waals surface area contributed by atoms with Crippen molar-refractivity contribution in [3.63, 3.8) is 0 Å². The molecule has 1 aromatic heterocycles. The number of halogens is 1. The number of hydrogen-bond donors (Lipinski definition) is 4. The number of aromatic nitrogens is 1. The minimum absolute atomic E-state index is 0.0160. The summed E-state index contributed by atoms with van der Waals surface area (Å²) in [5.41, 5.74) is 9.00. The number of benzene rings is 2. The summed E-state index contributed by atoms with van der Waals surface area (Å²) in [6.45, 7) is 3.89. The lowest BCUT2D eigenvalue weighted by Crippen LogP contribution is -2.46. The van der Waals surface area contributed by atoms with Gasteiger partial charge in [0.2, 0.25) is 5.91 Å². The van der Waals surface area contributed by atoms with Gasteiger partial charge in [0, 0.05) is 34.9 Å². The molecule has 1 saturated heterocycles. The summed E-state index contributed by atoms with van der Waals surface area (Å²) in [4.78, 5) is 29.4. The molecule has 2 heterocycles. The van der Waals surface area contributed by atoms with E-state index < -0.39 is 24.2 Å². The van der Waals surface area contributed by atoms with E-state index in [1.807, 2.05) is 44.2 Å². The number of aromatic amines is 1. The van der Waals surface area contributed by atoms with Crippen LogP contribution in [0, 0.1) is 11.3 Å². The number of alkyl halides is 1. The number of amides is 3. The Labute approximate surface area is 197 Å². The van der Waals surface area contributed by atoms with E-state index in [1.54, 1.807) is 30.5 Å². The minimum Gasteiger partial charge on any atom is -0.361 e. The molecule has 0 spiro atoms. The van der Waals surface area contributed by atoms with Crippen LogP contribution in [0.25, 0.3) is 10.9 Å². The highest BCUT2D eigenvalue weighted by atomic mass is 19.1. The average molecular weight is 465 g/mol. The Morgan fingerprint density at radius 1 is 1.21 bits per heavy atom. The molecule has 8 nitrogen and oxygen atoms in total. The fourth-order valence-corrected chi connectivity index (χ4v) is 3.93. The van der Waals surface area contributed by atoms with Crippen LogP contribution in [0.3, 0.4) is 0 Å². The van der Waals surface area contributed by atoms with Crippen molar-refractivity contribution in [2.45, 2.75) is 44.9 Å². The number of nitrogens with one attached hydrogen (secondary N) is 3. The third kappa shape index (κ3) is 5.71. The molecule has 0 bridgehead atoms. The second kappa shape index (κ2) is 11.3. The third-order valence-corrected chi connectivity index (χ3v) is 5.50. The number of likely N-dealkylation sites (tertiary alicyclic amines) is 1. The van der Waals surface area contributed by atoms with Crippen LogP contribution >= 0.6 is 0 Å². The standard InChI is InChI=1S/C23H23FN6O2.C2H6/c24-15-9-18(11-25)30(13-15)22(31)20(26)8-14-12-27-21-7-6-17(10-19(14)21)29-23(32)28-16-4-2-1-3-5-16;1-2/h1-7,10,12,15,18,20,27H,8-9,13,26H2,(H2,28,29,32);1-2H3. The number of carbonyl (C=O) groups excluding carboxylic acids is 2. The molecule has 4 rings (SSSR count). The Hall–Kier alpha value is -3.90. The maximum atomic E-state index is 13.7. The fourth-order valence-electron chi connectivity index (χ4n) is 3.93. The number of anilines is 2. The number of urea groups is 1. The Morgan fingerprint density at radius 3 is 2.62 bits per heavy atom. The average Bonchev–Trinajstić information content (AvgIpc) is 3.43. The number of nitrogens with zero attached hydrogens (tertiary/aromatic N) is 2. The van der Waals surface area contributed by atoms with Gasteiger partial charge in [0.1, 0.15) is 12.2 Å². The van der Waals surface area contributed by atoms with Crippen LogP contribution in [0.5, 0.6) is 0 Å². The fraction of sp³-hybridized carbons (Fsp3) is 0.320. The number of nitrogens with two attached hydrogens (primary N) is 1. The molecule has 34 heavy (non-hydrogen) atoms. The first-order chi connectivity index (χ1) is 16.4. The summed E-state index contributed by atoms with van der Waals surface area (Å²) < 4.78 is 13.7. The molecule has 0 radical (unpaired) electrons. The van der Waals surface area contributed by atoms with E-state index in [0.29, 0.717) is 11.4 Å². The van der Waals surface area contributed by atoms with E-state index in [9.17, 15) is 19.2 Å². The molecular formula is C25H29FN6O2. The Morgan fingerprint density at radius 2 is 1.91 bits per heavy atom. The van der Waals surface area contributed by atoms with Gasteiger partial charge in [0.15, 0.2) is 0 Å². The molecule has 3 amide bonds. The van der Waals surface area contributed by atoms with Crippen LogP contribution in [0.4, 0.5) is 20.6 Å². The molecule has 3 atom stereocenters. The zero-order chi connectivity index (χ0) is 24.7. The van der Waals surface area contributed by atoms with E-state index in [0.717, 1.165) is 16.5 Å². The number of rotatable bonds is 5. The summed E-state index contributed by atoms with van der Waals surface area (Å²) in [6, 6.07) is 14.4. The van der Waals surface area contributed by atoms with Gasteiger partial charge in [-0.05, 0) is 42.3 Å². The zero-order valence-corrected chi connectivity index (χ0v) is 19.2. The van der Waals surface area contributed by atoms with Gasteiger partial charge in [0.05, 0.1) is 18.7 Å². The number of carbonyl (C=O) groups is 2. The van der Waals surface area contributed by atoms with Crippen molar-refractivity contribution in [2.75, 3.05) is 17.2 Å². The third-order valence-electron chi connectivity index (χ3n) is 5.50. The molecule has 3 unspecified atom stereocenters. The molecule has 178 valence electrons. The molecule has 0 saturated carbocycles. The summed E-state index contributed by atoms with van der Waals surface area (Å²) in [7, 11) is 0. The Kier molecular flexibility index (Phi) is 8.22. The lowest BCUT2D eigenvalue weighted by Gasteiger charge is -2.23. The summed E-state index contributed by atoms with van der Waals surface area (Å²) >= 11 is 0. The van der Waals surface area contributed by atoms with E-state index in [4.69, 9.17) is 5.73 Å². The van der Waals surface area contributed by atoms with Gasteiger partial charge in [0.25, 0.3) is 0 Å². The SMILES string of the molecule is CC.N#CC1CC(F)CN1C(=O)C(N)Cc1c[nH]c2ccc(NC(=O)Nc3ccccc3)cc12. The monoisotopic (exact) mass is 464 g/mol. The highest BCUT2D eigenvalue weighted by molar-refractivity contribution is 6.01. The largest absolute Gasteiger partial charge is 0.361 e. The first kappa shape index (κ1) is 24.7. The molecule has 3 aromatic rings. The van der Waals surface area contributed by atoms with E-state index in [2.05, 4.69) is 15.6 Å². The summed E-state index contributed by atoms with van der Waals surface area (Å²) in [6.07, 6.45) is 0.779. The molecule has 9 heteroatoms. The first-order valence-electron chi connectivity index (χ1n) is 11.3. The molecule has 5 N–H and O–H groups in total. The van der Waals surface area contributed by atoms with E-state index >= 15 is 0 Å². The minimum atomic E-state index is -1.21. The van der Waals surface area contributed by atoms with Crippen LogP contribution in [0.15, 0.2) is 54.7 Å². The van der Waals surface area contributed by atoms with Crippen molar-refractivity contribution in [3.05, 3.63) is 60.3 Å². The molecular weight excluding hydrogens is 435 g/mol. The van der Waals surface area contributed by atoms with Gasteiger partial charge >= 0.3 is 6.03 Å². The topological polar surface area (TPSA) is 127 Å². The van der Waals surface area contributed by atoms with Crippen molar-refractivity contribution in [2.24, 2.45) is 5.73 Å². The lowest BCUT2D eigenvalue weighted by molar-refractivity contribution is -0.132. The van der Waals surface area contributed by atoms with Gasteiger partial charge in [-0.15, -0.1) is 0 Å². The van der Waals surface area contributed by atoms with Crippen LogP contribution in [0.1, 0.15) is 25.8 Å². The van der Waals surface area contributed by atoms with Gasteiger partial charge in [-0.2, -0.15) is 5.26 Å². The van der Waals surface area contributed by atoms with Gasteiger partial charge in [-0.3, -0.25) is 4.79 Å². The number of nitriles is 1. The summed E-state index contributed by atoms with van der Waals surface area (Å²) in [5.74, 6) is -0.442. The van der Waals surface area contributed by atoms with Crippen molar-refractivity contribution in [3.8, 4) is 6.07 Å². The van der Waals surface area contributed by atoms with Crippen LogP contribution in [-0.2, 0) is 11.2 Å². The lowest BCUT2D eigenvalue weighted by atomic mass is 10.0. The number of fused-ring (bicyclic) bond motifs is 1. The smallest absolute Gasteiger partial charge is 0.323 e. The summed E-state index contributed by atoms with van der Waals surface area (Å²) in [5, 5.41) is 15.5. The normalized spacial score (nSPS) is 17.9. The van der Waals surface area contributed by atoms with E-state index in [-0.39, 0.29) is 25.4 Å². The molecule has 1 aliphatic heterocycles. The molecule has 1 aliphatic rings. The van der Waals surface area contributed by atoms with Crippen molar-refractivity contribution < 1.29 is 14.0 Å². The van der Waals surface area contributed by atoms with Crippen LogP contribution in [-0.4, -0.2) is 46.6 Å². The maximum absolute atomic E-state index is 13.7. The van der Waals surface area contributed by atoms with Crippen LogP contribution in [0.2, 0.25) is 0 Å². The first-order valence-corrected chi connectivity index (χ1v) is 11.3. The van der Waals surface area contributed by atoms with Gasteiger partial charge < -0.3 is 26.3 Å². The second-order valence-corrected chi connectivity index (χ2v) is 7.80. The number of hydrogen-bond acceptors (Lipinski definition) is 4. The second-order valence-electron chi connectivity index (χ2n) is 7.80. The highest BCUT2D eigenvalue weighted by Crippen LogP contribution is 2.25.